The molecule has 0 aliphatic heterocycles. The first-order chi connectivity index (χ1) is 10.4. The van der Waals surface area contributed by atoms with Crippen LogP contribution in [-0.2, 0) is 0 Å². The Kier molecular flexibility index (Phi) is 5.10. The van der Waals surface area contributed by atoms with Crippen LogP contribution in [0.2, 0.25) is 0 Å². The van der Waals surface area contributed by atoms with Crippen LogP contribution in [0.5, 0.6) is 0 Å². The van der Waals surface area contributed by atoms with E-state index in [0.717, 1.165) is 12.3 Å². The number of hydrogen-bond acceptors (Lipinski definition) is 2. The Hall–Kier alpha value is -1.12. The molecule has 1 heterocycles. The molecule has 1 nitrogen and oxygen atoms in total. The van der Waals surface area contributed by atoms with Gasteiger partial charge in [0, 0.05) is 17.0 Å². The highest BCUT2D eigenvalue weighted by Crippen LogP contribution is 2.39. The van der Waals surface area contributed by atoms with Crippen LogP contribution in [0.3, 0.4) is 0 Å². The highest BCUT2D eigenvalue weighted by atomic mass is 32.1. The van der Waals surface area contributed by atoms with Gasteiger partial charge in [0.15, 0.2) is 0 Å². The molecular weight excluding hydrogens is 274 g/mol. The van der Waals surface area contributed by atoms with Crippen molar-refractivity contribution in [3.63, 3.8) is 0 Å². The Morgan fingerprint density at radius 3 is 2.48 bits per heavy atom. The lowest BCUT2D eigenvalue weighted by atomic mass is 9.94. The van der Waals surface area contributed by atoms with Crippen molar-refractivity contribution in [2.45, 2.75) is 51.1 Å². The molecule has 1 aliphatic rings. The Labute approximate surface area is 132 Å². The van der Waals surface area contributed by atoms with Crippen LogP contribution in [0, 0.1) is 5.92 Å². The molecule has 1 aliphatic carbocycles. The van der Waals surface area contributed by atoms with Gasteiger partial charge in [-0.3, -0.25) is 0 Å². The Bertz CT molecular complexity index is 514. The molecule has 2 aromatic rings. The zero-order valence-electron chi connectivity index (χ0n) is 12.8. The van der Waals surface area contributed by atoms with E-state index in [-0.39, 0.29) is 0 Å². The van der Waals surface area contributed by atoms with Gasteiger partial charge in [-0.2, -0.15) is 0 Å². The smallest absolute Gasteiger partial charge is 0.0448 e. The normalized spacial score (nSPS) is 18.7. The van der Waals surface area contributed by atoms with E-state index in [0.29, 0.717) is 12.1 Å². The lowest BCUT2D eigenvalue weighted by Gasteiger charge is -2.29. The maximum atomic E-state index is 3.97. The van der Waals surface area contributed by atoms with Crippen LogP contribution >= 0.6 is 11.3 Å². The summed E-state index contributed by atoms with van der Waals surface area (Å²) in [6, 6.07) is 16.4. The molecule has 2 unspecified atom stereocenters. The van der Waals surface area contributed by atoms with E-state index in [9.17, 15) is 0 Å². The van der Waals surface area contributed by atoms with Crippen molar-refractivity contribution >= 4 is 11.3 Å². The van der Waals surface area contributed by atoms with Crippen molar-refractivity contribution in [1.82, 2.24) is 5.32 Å². The predicted molar refractivity (Wildman–Crippen MR) is 91.6 cm³/mol. The molecule has 2 atom stereocenters. The van der Waals surface area contributed by atoms with Gasteiger partial charge in [0.1, 0.15) is 0 Å². The fraction of sp³-hybridized carbons (Fsp3) is 0.474. The molecule has 112 valence electrons. The van der Waals surface area contributed by atoms with Gasteiger partial charge in [0.2, 0.25) is 0 Å². The van der Waals surface area contributed by atoms with Crippen LogP contribution in [0.15, 0.2) is 47.8 Å². The number of benzene rings is 1. The largest absolute Gasteiger partial charge is 0.302 e. The molecule has 0 amide bonds. The molecule has 0 bridgehead atoms. The van der Waals surface area contributed by atoms with Crippen LogP contribution in [0.25, 0.3) is 0 Å². The third-order valence-corrected chi connectivity index (χ3v) is 5.67. The number of rotatable bonds is 6. The summed E-state index contributed by atoms with van der Waals surface area (Å²) in [6.45, 7) is 2.28. The molecule has 1 N–H and O–H groups in total. The highest BCUT2D eigenvalue weighted by Gasteiger charge is 2.28. The van der Waals surface area contributed by atoms with Crippen molar-refractivity contribution in [2.24, 2.45) is 5.92 Å². The zero-order chi connectivity index (χ0) is 14.5. The highest BCUT2D eigenvalue weighted by molar-refractivity contribution is 7.10. The van der Waals surface area contributed by atoms with E-state index in [1.54, 1.807) is 0 Å². The summed E-state index contributed by atoms with van der Waals surface area (Å²) < 4.78 is 0. The monoisotopic (exact) mass is 299 g/mol. The third-order valence-electron chi connectivity index (χ3n) is 4.71. The van der Waals surface area contributed by atoms with E-state index in [1.807, 2.05) is 11.3 Å². The SMILES string of the molecule is CCC(NC(c1cccs1)C1CCCC1)c1ccccc1. The van der Waals surface area contributed by atoms with Gasteiger partial charge in [0.05, 0.1) is 0 Å². The predicted octanol–water partition coefficient (Wildman–Crippen LogP) is 5.72. The summed E-state index contributed by atoms with van der Waals surface area (Å²) in [6.07, 6.45) is 6.69. The third kappa shape index (κ3) is 3.56. The molecule has 0 radical (unpaired) electrons. The second-order valence-electron chi connectivity index (χ2n) is 6.08. The van der Waals surface area contributed by atoms with Gasteiger partial charge in [-0.1, -0.05) is 56.2 Å². The number of hydrogen-bond donors (Lipinski definition) is 1. The molecule has 0 spiro atoms. The maximum absolute atomic E-state index is 3.97. The zero-order valence-corrected chi connectivity index (χ0v) is 13.6. The van der Waals surface area contributed by atoms with E-state index < -0.39 is 0 Å². The molecule has 1 saturated carbocycles. The van der Waals surface area contributed by atoms with Crippen molar-refractivity contribution in [3.05, 3.63) is 58.3 Å². The van der Waals surface area contributed by atoms with Crippen molar-refractivity contribution in [1.29, 1.82) is 0 Å². The number of nitrogens with one attached hydrogen (secondary N) is 1. The molecule has 2 heteroatoms. The van der Waals surface area contributed by atoms with E-state index in [2.05, 4.69) is 60.1 Å². The Balaban J connectivity index is 1.80. The molecule has 21 heavy (non-hydrogen) atoms. The van der Waals surface area contributed by atoms with Crippen LogP contribution in [0.4, 0.5) is 0 Å². The van der Waals surface area contributed by atoms with E-state index in [1.165, 1.54) is 36.1 Å². The van der Waals surface area contributed by atoms with Crippen LogP contribution in [-0.4, -0.2) is 0 Å². The fourth-order valence-corrected chi connectivity index (χ4v) is 4.44. The summed E-state index contributed by atoms with van der Waals surface area (Å²) in [5.74, 6) is 0.807. The second kappa shape index (κ2) is 7.24. The van der Waals surface area contributed by atoms with Crippen LogP contribution in [0.1, 0.15) is 61.6 Å². The molecule has 1 aromatic heterocycles. The molecule has 1 fully saturated rings. The Morgan fingerprint density at radius 2 is 1.86 bits per heavy atom. The lowest BCUT2D eigenvalue weighted by molar-refractivity contribution is 0.329. The molecule has 0 saturated heterocycles. The minimum absolute atomic E-state index is 0.457. The molecule has 3 rings (SSSR count). The summed E-state index contributed by atoms with van der Waals surface area (Å²) in [4.78, 5) is 1.51. The summed E-state index contributed by atoms with van der Waals surface area (Å²) in [5, 5.41) is 6.19. The van der Waals surface area contributed by atoms with Crippen molar-refractivity contribution in [3.8, 4) is 0 Å². The molecular formula is C19H25NS. The summed E-state index contributed by atoms with van der Waals surface area (Å²) in [5.41, 5.74) is 1.42. The first-order valence-corrected chi connectivity index (χ1v) is 9.11. The van der Waals surface area contributed by atoms with Gasteiger partial charge in [-0.25, -0.2) is 0 Å². The quantitative estimate of drug-likeness (QED) is 0.719. The van der Waals surface area contributed by atoms with Crippen molar-refractivity contribution < 1.29 is 0 Å². The summed E-state index contributed by atoms with van der Waals surface area (Å²) in [7, 11) is 0. The van der Waals surface area contributed by atoms with Gasteiger partial charge >= 0.3 is 0 Å². The van der Waals surface area contributed by atoms with Gasteiger partial charge < -0.3 is 5.32 Å². The minimum atomic E-state index is 0.457. The fourth-order valence-electron chi connectivity index (χ4n) is 3.56. The first kappa shape index (κ1) is 14.8. The first-order valence-electron chi connectivity index (χ1n) is 8.23. The van der Waals surface area contributed by atoms with E-state index >= 15 is 0 Å². The number of thiophene rings is 1. The van der Waals surface area contributed by atoms with Gasteiger partial charge in [-0.15, -0.1) is 11.3 Å². The average Bonchev–Trinajstić information content (AvgIpc) is 3.23. The van der Waals surface area contributed by atoms with Crippen molar-refractivity contribution in [2.75, 3.05) is 0 Å². The molecule has 1 aromatic carbocycles. The van der Waals surface area contributed by atoms with Crippen LogP contribution < -0.4 is 5.32 Å². The summed E-state index contributed by atoms with van der Waals surface area (Å²) >= 11 is 1.90. The second-order valence-corrected chi connectivity index (χ2v) is 7.06. The van der Waals surface area contributed by atoms with Gasteiger partial charge in [0.25, 0.3) is 0 Å². The lowest BCUT2D eigenvalue weighted by Crippen LogP contribution is -2.30. The average molecular weight is 299 g/mol. The minimum Gasteiger partial charge on any atom is -0.302 e. The van der Waals surface area contributed by atoms with E-state index in [4.69, 9.17) is 0 Å². The van der Waals surface area contributed by atoms with Gasteiger partial charge in [-0.05, 0) is 42.2 Å². The maximum Gasteiger partial charge on any atom is 0.0448 e. The standard InChI is InChI=1S/C19H25NS/c1-2-17(15-9-4-3-5-10-15)20-19(16-11-6-7-12-16)18-13-8-14-21-18/h3-5,8-10,13-14,16-17,19-20H,2,6-7,11-12H2,1H3. The Morgan fingerprint density at radius 1 is 1.10 bits per heavy atom. The topological polar surface area (TPSA) is 12.0 Å².